The van der Waals surface area contributed by atoms with Crippen LogP contribution in [-0.4, -0.2) is 0 Å². The van der Waals surface area contributed by atoms with E-state index in [4.69, 9.17) is 0 Å². The van der Waals surface area contributed by atoms with E-state index in [1.807, 2.05) is 0 Å². The summed E-state index contributed by atoms with van der Waals surface area (Å²) < 4.78 is 0. The molecule has 1 heteroatoms. The summed E-state index contributed by atoms with van der Waals surface area (Å²) in [7, 11) is 0. The molecule has 0 heterocycles. The fourth-order valence-electron chi connectivity index (χ4n) is 1.37. The summed E-state index contributed by atoms with van der Waals surface area (Å²) in [6.45, 7) is 8.90. The van der Waals surface area contributed by atoms with E-state index < -0.39 is 0 Å². The molecule has 0 saturated carbocycles. The van der Waals surface area contributed by atoms with Gasteiger partial charge in [-0.1, -0.05) is 60.5 Å². The number of aryl methyl sites for hydroxylation is 1. The maximum Gasteiger partial charge on any atom is 0.0283 e. The second kappa shape index (κ2) is 3.83. The highest BCUT2D eigenvalue weighted by Crippen LogP contribution is 2.25. The lowest BCUT2D eigenvalue weighted by Gasteiger charge is -2.20. The molecule has 72 valence electrons. The molecule has 13 heavy (non-hydrogen) atoms. The lowest BCUT2D eigenvalue weighted by Crippen LogP contribution is -2.11. The molecule has 0 saturated heterocycles. The van der Waals surface area contributed by atoms with Gasteiger partial charge in [0.2, 0.25) is 0 Å². The number of benzene rings is 1. The third-order valence-corrected chi connectivity index (χ3v) is 2.80. The fourth-order valence-corrected chi connectivity index (χ4v) is 1.70. The van der Waals surface area contributed by atoms with Gasteiger partial charge in [0.05, 0.1) is 0 Å². The first kappa shape index (κ1) is 10.8. The molecule has 0 aliphatic rings. The van der Waals surface area contributed by atoms with Gasteiger partial charge in [-0.2, -0.15) is 0 Å². The van der Waals surface area contributed by atoms with Gasteiger partial charge in [-0.25, -0.2) is 0 Å². The number of hydrogen-bond donors (Lipinski definition) is 0. The standard InChI is InChI=1S/C12H17Br/c1-9-5-10(8-13)7-11(6-9)12(2,3)4/h5-7H,8H2,1-4H3. The van der Waals surface area contributed by atoms with Gasteiger partial charge in [-0.3, -0.25) is 0 Å². The SMILES string of the molecule is Cc1cc(CBr)cc(C(C)(C)C)c1. The molecule has 0 atom stereocenters. The minimum Gasteiger partial charge on any atom is -0.0876 e. The molecule has 1 rings (SSSR count). The number of rotatable bonds is 1. The summed E-state index contributed by atoms with van der Waals surface area (Å²) in [5.74, 6) is 0. The zero-order valence-electron chi connectivity index (χ0n) is 8.82. The first-order valence-electron chi connectivity index (χ1n) is 4.60. The molecule has 0 N–H and O–H groups in total. The van der Waals surface area contributed by atoms with E-state index in [0.717, 1.165) is 5.33 Å². The molecular formula is C12H17Br. The summed E-state index contributed by atoms with van der Waals surface area (Å²) in [6, 6.07) is 6.78. The summed E-state index contributed by atoms with van der Waals surface area (Å²) in [4.78, 5) is 0. The summed E-state index contributed by atoms with van der Waals surface area (Å²) >= 11 is 3.49. The highest BCUT2D eigenvalue weighted by Gasteiger charge is 2.14. The third-order valence-electron chi connectivity index (χ3n) is 2.16. The van der Waals surface area contributed by atoms with Crippen LogP contribution >= 0.6 is 15.9 Å². The topological polar surface area (TPSA) is 0 Å². The van der Waals surface area contributed by atoms with Crippen LogP contribution in [0.15, 0.2) is 18.2 Å². The Morgan fingerprint density at radius 3 is 2.23 bits per heavy atom. The van der Waals surface area contributed by atoms with E-state index in [2.05, 4.69) is 61.8 Å². The van der Waals surface area contributed by atoms with Crippen LogP contribution in [0.4, 0.5) is 0 Å². The average Bonchev–Trinajstić information content (AvgIpc) is 2.01. The molecule has 0 unspecified atom stereocenters. The Morgan fingerprint density at radius 2 is 1.77 bits per heavy atom. The van der Waals surface area contributed by atoms with Crippen LogP contribution in [-0.2, 0) is 10.7 Å². The van der Waals surface area contributed by atoms with E-state index in [1.165, 1.54) is 16.7 Å². The molecule has 1 aromatic carbocycles. The van der Waals surface area contributed by atoms with Crippen molar-refractivity contribution < 1.29 is 0 Å². The number of hydrogen-bond acceptors (Lipinski definition) is 0. The van der Waals surface area contributed by atoms with Crippen LogP contribution in [0.25, 0.3) is 0 Å². The highest BCUT2D eigenvalue weighted by atomic mass is 79.9. The average molecular weight is 241 g/mol. The van der Waals surface area contributed by atoms with Crippen molar-refractivity contribution in [3.05, 3.63) is 34.9 Å². The Bertz CT molecular complexity index is 294. The Balaban J connectivity index is 3.16. The van der Waals surface area contributed by atoms with E-state index in [0.29, 0.717) is 0 Å². The normalized spacial score (nSPS) is 11.8. The van der Waals surface area contributed by atoms with Crippen molar-refractivity contribution in [2.45, 2.75) is 38.4 Å². The van der Waals surface area contributed by atoms with Crippen LogP contribution in [0.5, 0.6) is 0 Å². The second-order valence-corrected chi connectivity index (χ2v) is 5.15. The summed E-state index contributed by atoms with van der Waals surface area (Å²) in [5.41, 5.74) is 4.39. The van der Waals surface area contributed by atoms with Crippen LogP contribution < -0.4 is 0 Å². The quantitative estimate of drug-likeness (QED) is 0.647. The maximum atomic E-state index is 3.49. The predicted octanol–water partition coefficient (Wildman–Crippen LogP) is 4.19. The lowest BCUT2D eigenvalue weighted by molar-refractivity contribution is 0.589. The van der Waals surface area contributed by atoms with Gasteiger partial charge in [0, 0.05) is 5.33 Å². The smallest absolute Gasteiger partial charge is 0.0283 e. The van der Waals surface area contributed by atoms with Gasteiger partial charge in [-0.15, -0.1) is 0 Å². The summed E-state index contributed by atoms with van der Waals surface area (Å²) in [5, 5.41) is 0.942. The van der Waals surface area contributed by atoms with E-state index in [-0.39, 0.29) is 5.41 Å². The van der Waals surface area contributed by atoms with Gasteiger partial charge in [0.15, 0.2) is 0 Å². The van der Waals surface area contributed by atoms with Crippen molar-refractivity contribution >= 4 is 15.9 Å². The van der Waals surface area contributed by atoms with Gasteiger partial charge in [-0.05, 0) is 23.5 Å². The van der Waals surface area contributed by atoms with E-state index in [1.54, 1.807) is 0 Å². The van der Waals surface area contributed by atoms with Gasteiger partial charge >= 0.3 is 0 Å². The molecule has 0 bridgehead atoms. The molecule has 0 aromatic heterocycles. The molecule has 0 fully saturated rings. The van der Waals surface area contributed by atoms with Crippen molar-refractivity contribution in [3.8, 4) is 0 Å². The van der Waals surface area contributed by atoms with Crippen molar-refractivity contribution in [2.75, 3.05) is 0 Å². The van der Waals surface area contributed by atoms with Crippen LogP contribution in [0.3, 0.4) is 0 Å². The Labute approximate surface area is 89.5 Å². The second-order valence-electron chi connectivity index (χ2n) is 4.59. The Hall–Kier alpha value is -0.300. The molecule has 0 aliphatic carbocycles. The molecule has 1 aromatic rings. The first-order valence-corrected chi connectivity index (χ1v) is 5.72. The highest BCUT2D eigenvalue weighted by molar-refractivity contribution is 9.08. The predicted molar refractivity (Wildman–Crippen MR) is 62.5 cm³/mol. The molecule has 0 spiro atoms. The van der Waals surface area contributed by atoms with Gasteiger partial charge in [0.25, 0.3) is 0 Å². The van der Waals surface area contributed by atoms with Crippen molar-refractivity contribution in [1.29, 1.82) is 0 Å². The van der Waals surface area contributed by atoms with Crippen LogP contribution in [0, 0.1) is 6.92 Å². The molecular weight excluding hydrogens is 224 g/mol. The fraction of sp³-hybridized carbons (Fsp3) is 0.500. The molecule has 0 amide bonds. The number of alkyl halides is 1. The third kappa shape index (κ3) is 2.84. The Kier molecular flexibility index (Phi) is 3.18. The number of halogens is 1. The minimum atomic E-state index is 0.253. The Morgan fingerprint density at radius 1 is 1.15 bits per heavy atom. The van der Waals surface area contributed by atoms with Crippen molar-refractivity contribution in [2.24, 2.45) is 0 Å². The zero-order chi connectivity index (χ0) is 10.1. The molecule has 0 aliphatic heterocycles. The zero-order valence-corrected chi connectivity index (χ0v) is 10.4. The summed E-state index contributed by atoms with van der Waals surface area (Å²) in [6.07, 6.45) is 0. The van der Waals surface area contributed by atoms with E-state index >= 15 is 0 Å². The monoisotopic (exact) mass is 240 g/mol. The van der Waals surface area contributed by atoms with E-state index in [9.17, 15) is 0 Å². The lowest BCUT2D eigenvalue weighted by atomic mass is 9.85. The first-order chi connectivity index (χ1) is 5.93. The minimum absolute atomic E-state index is 0.253. The maximum absolute atomic E-state index is 3.49. The van der Waals surface area contributed by atoms with Crippen LogP contribution in [0.2, 0.25) is 0 Å². The van der Waals surface area contributed by atoms with Crippen molar-refractivity contribution in [3.63, 3.8) is 0 Å². The largest absolute Gasteiger partial charge is 0.0876 e. The molecule has 0 radical (unpaired) electrons. The van der Waals surface area contributed by atoms with Crippen LogP contribution in [0.1, 0.15) is 37.5 Å². The van der Waals surface area contributed by atoms with Gasteiger partial charge in [0.1, 0.15) is 0 Å². The van der Waals surface area contributed by atoms with Crippen molar-refractivity contribution in [1.82, 2.24) is 0 Å². The molecule has 0 nitrogen and oxygen atoms in total. The van der Waals surface area contributed by atoms with Gasteiger partial charge < -0.3 is 0 Å².